The second-order valence-corrected chi connectivity index (χ2v) is 8.12. The molecule has 2 heterocycles. The van der Waals surface area contributed by atoms with Crippen molar-refractivity contribution in [3.8, 4) is 0 Å². The summed E-state index contributed by atoms with van der Waals surface area (Å²) in [5.41, 5.74) is 2.46. The second kappa shape index (κ2) is 7.64. The van der Waals surface area contributed by atoms with Gasteiger partial charge in [-0.2, -0.15) is 0 Å². The van der Waals surface area contributed by atoms with Crippen molar-refractivity contribution in [3.63, 3.8) is 0 Å². The normalized spacial score (nSPS) is 14.5. The Morgan fingerprint density at radius 3 is 2.74 bits per heavy atom. The van der Waals surface area contributed by atoms with E-state index in [0.29, 0.717) is 29.0 Å². The van der Waals surface area contributed by atoms with Crippen molar-refractivity contribution >= 4 is 23.0 Å². The number of fused-ring (bicyclic) bond motifs is 1. The fourth-order valence-electron chi connectivity index (χ4n) is 2.91. The molecule has 0 unspecified atom stereocenters. The Bertz CT molecular complexity index is 849. The highest BCUT2D eigenvalue weighted by Crippen LogP contribution is 2.40. The van der Waals surface area contributed by atoms with Crippen LogP contribution < -0.4 is 5.32 Å². The van der Waals surface area contributed by atoms with Crippen molar-refractivity contribution in [1.82, 2.24) is 15.5 Å². The highest BCUT2D eigenvalue weighted by atomic mass is 16.5. The molecule has 1 fully saturated rings. The molecule has 1 amide bonds. The van der Waals surface area contributed by atoms with Gasteiger partial charge in [-0.15, -0.1) is 0 Å². The van der Waals surface area contributed by atoms with Gasteiger partial charge in [0.1, 0.15) is 6.61 Å². The standard InChI is InChI=1S/C19H25N3O5/c1-19(2,3)9-14-16-12(17(25)20-6-7-26-10-15(23)24)8-13(11-4-5-11)21-18(16)27-22-14/h8,11H,4-7,9-10H2,1-3H3,(H,20,25)(H,23,24). The topological polar surface area (TPSA) is 115 Å². The van der Waals surface area contributed by atoms with Gasteiger partial charge in [-0.05, 0) is 30.7 Å². The number of carbonyl (C=O) groups is 2. The van der Waals surface area contributed by atoms with Gasteiger partial charge in [0.05, 0.1) is 23.3 Å². The van der Waals surface area contributed by atoms with Crippen molar-refractivity contribution in [2.45, 2.75) is 46.0 Å². The van der Waals surface area contributed by atoms with Gasteiger partial charge in [0.2, 0.25) is 0 Å². The summed E-state index contributed by atoms with van der Waals surface area (Å²) in [7, 11) is 0. The number of hydrogen-bond donors (Lipinski definition) is 2. The molecule has 0 spiro atoms. The van der Waals surface area contributed by atoms with Crippen molar-refractivity contribution in [2.24, 2.45) is 5.41 Å². The summed E-state index contributed by atoms with van der Waals surface area (Å²) in [5.74, 6) is -0.930. The summed E-state index contributed by atoms with van der Waals surface area (Å²) >= 11 is 0. The molecule has 0 aromatic carbocycles. The van der Waals surface area contributed by atoms with E-state index in [9.17, 15) is 9.59 Å². The molecule has 0 aliphatic heterocycles. The largest absolute Gasteiger partial charge is 0.480 e. The van der Waals surface area contributed by atoms with Crippen LogP contribution >= 0.6 is 0 Å². The van der Waals surface area contributed by atoms with Crippen molar-refractivity contribution in [1.29, 1.82) is 0 Å². The van der Waals surface area contributed by atoms with Crippen LogP contribution in [0.3, 0.4) is 0 Å². The van der Waals surface area contributed by atoms with Gasteiger partial charge in [-0.25, -0.2) is 9.78 Å². The van der Waals surface area contributed by atoms with E-state index in [0.717, 1.165) is 24.2 Å². The Kier molecular flexibility index (Phi) is 5.46. The zero-order valence-corrected chi connectivity index (χ0v) is 15.9. The quantitative estimate of drug-likeness (QED) is 0.681. The first-order valence-corrected chi connectivity index (χ1v) is 9.11. The van der Waals surface area contributed by atoms with Crippen LogP contribution in [0.2, 0.25) is 0 Å². The van der Waals surface area contributed by atoms with Crippen LogP contribution in [0.4, 0.5) is 0 Å². The number of ether oxygens (including phenoxy) is 1. The Hall–Kier alpha value is -2.48. The van der Waals surface area contributed by atoms with Crippen LogP contribution in [-0.2, 0) is 16.0 Å². The minimum Gasteiger partial charge on any atom is -0.480 e. The summed E-state index contributed by atoms with van der Waals surface area (Å²) in [5, 5.41) is 16.2. The van der Waals surface area contributed by atoms with Gasteiger partial charge in [0, 0.05) is 18.2 Å². The number of amides is 1. The number of aromatic nitrogens is 2. The molecule has 27 heavy (non-hydrogen) atoms. The highest BCUT2D eigenvalue weighted by Gasteiger charge is 2.29. The Labute approximate surface area is 157 Å². The number of rotatable bonds is 8. The lowest BCUT2D eigenvalue weighted by molar-refractivity contribution is -0.142. The van der Waals surface area contributed by atoms with Gasteiger partial charge in [-0.1, -0.05) is 25.9 Å². The van der Waals surface area contributed by atoms with Crippen LogP contribution in [0.25, 0.3) is 11.1 Å². The number of pyridine rings is 1. The number of carboxylic acid groups (broad SMARTS) is 1. The first-order valence-electron chi connectivity index (χ1n) is 9.11. The van der Waals surface area contributed by atoms with Gasteiger partial charge < -0.3 is 19.7 Å². The molecular weight excluding hydrogens is 350 g/mol. The third-order valence-electron chi connectivity index (χ3n) is 4.23. The van der Waals surface area contributed by atoms with Gasteiger partial charge >= 0.3 is 5.97 Å². The van der Waals surface area contributed by atoms with Crippen LogP contribution in [0.1, 0.15) is 61.3 Å². The minimum atomic E-state index is -1.04. The molecule has 1 aliphatic carbocycles. The van der Waals surface area contributed by atoms with Gasteiger partial charge in [0.25, 0.3) is 11.6 Å². The maximum Gasteiger partial charge on any atom is 0.329 e. The van der Waals surface area contributed by atoms with E-state index in [4.69, 9.17) is 14.4 Å². The van der Waals surface area contributed by atoms with Crippen LogP contribution in [0, 0.1) is 5.41 Å². The molecule has 146 valence electrons. The van der Waals surface area contributed by atoms with E-state index in [-0.39, 0.29) is 31.1 Å². The zero-order chi connectivity index (χ0) is 19.6. The molecule has 8 heteroatoms. The smallest absolute Gasteiger partial charge is 0.329 e. The van der Waals surface area contributed by atoms with E-state index >= 15 is 0 Å². The summed E-state index contributed by atoms with van der Waals surface area (Å²) in [6.07, 6.45) is 2.78. The predicted molar refractivity (Wildman–Crippen MR) is 97.7 cm³/mol. The summed E-state index contributed by atoms with van der Waals surface area (Å²) < 4.78 is 10.4. The number of nitrogens with zero attached hydrogens (tertiary/aromatic N) is 2. The molecule has 0 radical (unpaired) electrons. The molecule has 0 saturated heterocycles. The lowest BCUT2D eigenvalue weighted by atomic mass is 9.89. The second-order valence-electron chi connectivity index (χ2n) is 8.12. The zero-order valence-electron chi connectivity index (χ0n) is 15.9. The number of hydrogen-bond acceptors (Lipinski definition) is 6. The Morgan fingerprint density at radius 2 is 2.11 bits per heavy atom. The fourth-order valence-corrected chi connectivity index (χ4v) is 2.91. The highest BCUT2D eigenvalue weighted by molar-refractivity contribution is 6.06. The average Bonchev–Trinajstić information content (AvgIpc) is 3.35. The summed E-state index contributed by atoms with van der Waals surface area (Å²) in [6, 6.07) is 1.83. The summed E-state index contributed by atoms with van der Waals surface area (Å²) in [6.45, 7) is 6.24. The molecule has 2 aromatic rings. The van der Waals surface area contributed by atoms with E-state index in [1.807, 2.05) is 6.07 Å². The van der Waals surface area contributed by atoms with Gasteiger partial charge in [0.15, 0.2) is 0 Å². The number of aliphatic carboxylic acids is 1. The van der Waals surface area contributed by atoms with Crippen LogP contribution in [-0.4, -0.2) is 46.9 Å². The maximum atomic E-state index is 12.8. The van der Waals surface area contributed by atoms with Crippen molar-refractivity contribution in [2.75, 3.05) is 19.8 Å². The number of carbonyl (C=O) groups excluding carboxylic acids is 1. The monoisotopic (exact) mass is 375 g/mol. The van der Waals surface area contributed by atoms with Gasteiger partial charge in [-0.3, -0.25) is 4.79 Å². The van der Waals surface area contributed by atoms with E-state index in [1.165, 1.54) is 0 Å². The first-order chi connectivity index (χ1) is 12.7. The minimum absolute atomic E-state index is 0.0165. The molecule has 1 aliphatic rings. The molecule has 0 bridgehead atoms. The summed E-state index contributed by atoms with van der Waals surface area (Å²) in [4.78, 5) is 27.8. The number of nitrogens with one attached hydrogen (secondary N) is 1. The molecular formula is C19H25N3O5. The fraction of sp³-hybridized carbons (Fsp3) is 0.579. The Morgan fingerprint density at radius 1 is 1.37 bits per heavy atom. The van der Waals surface area contributed by atoms with E-state index in [2.05, 4.69) is 36.2 Å². The molecule has 3 rings (SSSR count). The van der Waals surface area contributed by atoms with Crippen molar-refractivity contribution in [3.05, 3.63) is 23.0 Å². The van der Waals surface area contributed by atoms with Crippen LogP contribution in [0.5, 0.6) is 0 Å². The first kappa shape index (κ1) is 19.3. The SMILES string of the molecule is CC(C)(C)Cc1noc2nc(C3CC3)cc(C(=O)NCCOCC(=O)O)c12. The third-order valence-corrected chi connectivity index (χ3v) is 4.23. The molecule has 1 saturated carbocycles. The lowest BCUT2D eigenvalue weighted by Crippen LogP contribution is -2.28. The Balaban J connectivity index is 1.83. The average molecular weight is 375 g/mol. The molecule has 2 N–H and O–H groups in total. The van der Waals surface area contributed by atoms with E-state index in [1.54, 1.807) is 0 Å². The number of carboxylic acids is 1. The maximum absolute atomic E-state index is 12.8. The third kappa shape index (κ3) is 5.03. The molecule has 8 nitrogen and oxygen atoms in total. The molecule has 0 atom stereocenters. The lowest BCUT2D eigenvalue weighted by Gasteiger charge is -2.16. The predicted octanol–water partition coefficient (Wildman–Crippen LogP) is 2.52. The van der Waals surface area contributed by atoms with E-state index < -0.39 is 5.97 Å². The van der Waals surface area contributed by atoms with Crippen molar-refractivity contribution < 1.29 is 24.0 Å². The van der Waals surface area contributed by atoms with Crippen LogP contribution in [0.15, 0.2) is 10.6 Å². The molecule has 2 aromatic heterocycles.